The molecule has 1 aromatic carbocycles. The zero-order chi connectivity index (χ0) is 20.1. The first kappa shape index (κ1) is 20.0. The van der Waals surface area contributed by atoms with E-state index >= 15 is 0 Å². The van der Waals surface area contributed by atoms with Crippen molar-refractivity contribution in [1.82, 2.24) is 9.78 Å². The van der Waals surface area contributed by atoms with E-state index in [1.54, 1.807) is 36.6 Å². The predicted molar refractivity (Wildman–Crippen MR) is 110 cm³/mol. The van der Waals surface area contributed by atoms with E-state index in [0.717, 1.165) is 4.68 Å². The lowest BCUT2D eigenvalue weighted by molar-refractivity contribution is -0.116. The zero-order valence-electron chi connectivity index (χ0n) is 15.1. The summed E-state index contributed by atoms with van der Waals surface area (Å²) in [6.45, 7) is 1.87. The Labute approximate surface area is 169 Å². The van der Waals surface area contributed by atoms with Gasteiger partial charge in [0.25, 0.3) is 5.56 Å². The van der Waals surface area contributed by atoms with Crippen LogP contribution in [0.4, 0.5) is 5.00 Å². The number of benzene rings is 1. The first-order valence-corrected chi connectivity index (χ1v) is 10.1. The Hall–Kier alpha value is -2.71. The molecule has 3 aromatic rings. The Balaban J connectivity index is 2.18. The smallest absolute Gasteiger partial charge is 0.359 e. The molecule has 0 fully saturated rings. The molecule has 0 saturated carbocycles. The van der Waals surface area contributed by atoms with Gasteiger partial charge in [0.15, 0.2) is 5.69 Å². The molecule has 0 aliphatic carbocycles. The van der Waals surface area contributed by atoms with Gasteiger partial charge in [0.05, 0.1) is 17.7 Å². The van der Waals surface area contributed by atoms with Crippen molar-refractivity contribution in [2.45, 2.75) is 19.8 Å². The average molecular weight is 420 g/mol. The summed E-state index contributed by atoms with van der Waals surface area (Å²) in [5.74, 6) is -0.504. The molecular formula is C19H18ClN3O4S. The fourth-order valence-electron chi connectivity index (χ4n) is 2.65. The third-order valence-corrected chi connectivity index (χ3v) is 5.08. The molecule has 3 rings (SSSR count). The van der Waals surface area contributed by atoms with Gasteiger partial charge in [-0.1, -0.05) is 18.2 Å². The highest BCUT2D eigenvalue weighted by molar-refractivity contribution is 7.16. The van der Waals surface area contributed by atoms with Crippen LogP contribution in [0.2, 0.25) is 0 Å². The Kier molecular flexibility index (Phi) is 6.43. The molecule has 7 nitrogen and oxygen atoms in total. The van der Waals surface area contributed by atoms with Crippen LogP contribution in [0.15, 0.2) is 40.5 Å². The lowest BCUT2D eigenvalue weighted by atomic mass is 10.2. The van der Waals surface area contributed by atoms with E-state index < -0.39 is 11.5 Å². The molecule has 0 spiro atoms. The number of alkyl halides is 1. The number of nitrogens with zero attached hydrogens (tertiary/aromatic N) is 2. The largest absolute Gasteiger partial charge is 0.461 e. The maximum atomic E-state index is 13.1. The molecule has 0 radical (unpaired) electrons. The second kappa shape index (κ2) is 8.99. The SMILES string of the molecule is CCOC(=O)c1nn(-c2ccccc2)c(=O)c2c(NC(=O)CCCCl)scc12. The van der Waals surface area contributed by atoms with Crippen molar-refractivity contribution >= 4 is 50.6 Å². The van der Waals surface area contributed by atoms with Crippen molar-refractivity contribution in [3.63, 3.8) is 0 Å². The summed E-state index contributed by atoms with van der Waals surface area (Å²) < 4.78 is 6.24. The van der Waals surface area contributed by atoms with Gasteiger partial charge in [0.2, 0.25) is 5.91 Å². The molecule has 0 unspecified atom stereocenters. The van der Waals surface area contributed by atoms with Crippen LogP contribution < -0.4 is 10.9 Å². The van der Waals surface area contributed by atoms with Gasteiger partial charge >= 0.3 is 5.97 Å². The normalized spacial score (nSPS) is 10.8. The minimum absolute atomic E-state index is 0.0258. The molecule has 0 bridgehead atoms. The van der Waals surface area contributed by atoms with E-state index in [2.05, 4.69) is 10.4 Å². The minimum atomic E-state index is -0.630. The predicted octanol–water partition coefficient (Wildman–Crippen LogP) is 3.58. The molecule has 2 heterocycles. The number of carbonyl (C=O) groups excluding carboxylic acids is 2. The highest BCUT2D eigenvalue weighted by Crippen LogP contribution is 2.30. The Bertz CT molecular complexity index is 1060. The van der Waals surface area contributed by atoms with Crippen LogP contribution in [0, 0.1) is 0 Å². The lowest BCUT2D eigenvalue weighted by Crippen LogP contribution is -2.25. The van der Waals surface area contributed by atoms with Gasteiger partial charge in [-0.3, -0.25) is 9.59 Å². The van der Waals surface area contributed by atoms with E-state index in [1.165, 1.54) is 11.3 Å². The molecule has 0 aliphatic heterocycles. The number of carbonyl (C=O) groups is 2. The number of halogens is 1. The Morgan fingerprint density at radius 1 is 1.29 bits per heavy atom. The third kappa shape index (κ3) is 4.07. The van der Waals surface area contributed by atoms with Crippen molar-refractivity contribution in [1.29, 1.82) is 0 Å². The first-order valence-electron chi connectivity index (χ1n) is 8.69. The van der Waals surface area contributed by atoms with Crippen molar-refractivity contribution in [3.05, 3.63) is 51.8 Å². The molecule has 1 N–H and O–H groups in total. The molecule has 0 saturated heterocycles. The second-order valence-corrected chi connectivity index (χ2v) is 7.07. The summed E-state index contributed by atoms with van der Waals surface area (Å²) in [4.78, 5) is 37.7. The quantitative estimate of drug-likeness (QED) is 0.467. The van der Waals surface area contributed by atoms with Crippen LogP contribution >= 0.6 is 22.9 Å². The first-order chi connectivity index (χ1) is 13.6. The molecule has 0 aliphatic rings. The number of hydrogen-bond acceptors (Lipinski definition) is 6. The Morgan fingerprint density at radius 2 is 2.04 bits per heavy atom. The highest BCUT2D eigenvalue weighted by Gasteiger charge is 2.23. The number of anilines is 1. The van der Waals surface area contributed by atoms with E-state index in [4.69, 9.17) is 16.3 Å². The molecule has 28 heavy (non-hydrogen) atoms. The number of fused-ring (bicyclic) bond motifs is 1. The van der Waals surface area contributed by atoms with Gasteiger partial charge in [-0.25, -0.2) is 4.79 Å². The number of para-hydroxylation sites is 1. The van der Waals surface area contributed by atoms with Crippen LogP contribution in [-0.2, 0) is 9.53 Å². The van der Waals surface area contributed by atoms with Gasteiger partial charge in [-0.15, -0.1) is 22.9 Å². The Morgan fingerprint density at radius 3 is 2.71 bits per heavy atom. The topological polar surface area (TPSA) is 90.3 Å². The summed E-state index contributed by atoms with van der Waals surface area (Å²) in [7, 11) is 0. The van der Waals surface area contributed by atoms with Crippen molar-refractivity contribution in [3.8, 4) is 5.69 Å². The maximum Gasteiger partial charge on any atom is 0.359 e. The minimum Gasteiger partial charge on any atom is -0.461 e. The van der Waals surface area contributed by atoms with Crippen LogP contribution in [0.3, 0.4) is 0 Å². The number of aromatic nitrogens is 2. The van der Waals surface area contributed by atoms with Gasteiger partial charge in [-0.2, -0.15) is 9.78 Å². The van der Waals surface area contributed by atoms with E-state index in [-0.39, 0.29) is 30.0 Å². The highest BCUT2D eigenvalue weighted by atomic mass is 35.5. The lowest BCUT2D eigenvalue weighted by Gasteiger charge is -2.09. The standard InChI is InChI=1S/C19H18ClN3O4S/c1-2-27-19(26)16-13-11-28-17(21-14(24)9-6-10-20)15(13)18(25)23(22-16)12-7-4-3-5-8-12/h3-5,7-8,11H,2,6,9-10H2,1H3,(H,21,24). The summed E-state index contributed by atoms with van der Waals surface area (Å²) in [5.41, 5.74) is 0.103. The zero-order valence-corrected chi connectivity index (χ0v) is 16.7. The molecular weight excluding hydrogens is 402 g/mol. The van der Waals surface area contributed by atoms with E-state index in [9.17, 15) is 14.4 Å². The monoisotopic (exact) mass is 419 g/mol. The van der Waals surface area contributed by atoms with Gasteiger partial charge in [0.1, 0.15) is 5.00 Å². The number of nitrogens with one attached hydrogen (secondary N) is 1. The van der Waals surface area contributed by atoms with Crippen LogP contribution in [0.5, 0.6) is 0 Å². The molecule has 0 atom stereocenters. The summed E-state index contributed by atoms with van der Waals surface area (Å²) >= 11 is 6.80. The molecule has 1 amide bonds. The molecule has 9 heteroatoms. The van der Waals surface area contributed by atoms with Crippen LogP contribution in [-0.4, -0.2) is 34.1 Å². The van der Waals surface area contributed by atoms with Gasteiger partial charge in [-0.05, 0) is 25.5 Å². The van der Waals surface area contributed by atoms with Crippen molar-refractivity contribution in [2.75, 3.05) is 17.8 Å². The number of amides is 1. The summed E-state index contributed by atoms with van der Waals surface area (Å²) in [5, 5.41) is 9.57. The van der Waals surface area contributed by atoms with Crippen molar-refractivity contribution < 1.29 is 14.3 Å². The van der Waals surface area contributed by atoms with E-state index in [1.807, 2.05) is 6.07 Å². The average Bonchev–Trinajstić information content (AvgIpc) is 3.11. The number of thiophene rings is 1. The third-order valence-electron chi connectivity index (χ3n) is 3.91. The number of ether oxygens (including phenoxy) is 1. The summed E-state index contributed by atoms with van der Waals surface area (Å²) in [6.07, 6.45) is 0.770. The fourth-order valence-corrected chi connectivity index (χ4v) is 3.74. The number of rotatable bonds is 7. The van der Waals surface area contributed by atoms with Crippen LogP contribution in [0.25, 0.3) is 16.5 Å². The molecule has 2 aromatic heterocycles. The maximum absolute atomic E-state index is 13.1. The van der Waals surface area contributed by atoms with Gasteiger partial charge in [0, 0.05) is 23.1 Å². The van der Waals surface area contributed by atoms with Crippen LogP contribution in [0.1, 0.15) is 30.3 Å². The van der Waals surface area contributed by atoms with Gasteiger partial charge < -0.3 is 10.1 Å². The fraction of sp³-hybridized carbons (Fsp3) is 0.263. The summed E-state index contributed by atoms with van der Waals surface area (Å²) in [6, 6.07) is 8.76. The van der Waals surface area contributed by atoms with Crippen molar-refractivity contribution in [2.24, 2.45) is 0 Å². The van der Waals surface area contributed by atoms with E-state index in [0.29, 0.717) is 28.4 Å². The second-order valence-electron chi connectivity index (χ2n) is 5.82. The molecule has 146 valence electrons. The number of esters is 1. The number of hydrogen-bond donors (Lipinski definition) is 1.